The second-order valence-electron chi connectivity index (χ2n) is 4.66. The molecule has 0 spiro atoms. The van der Waals surface area contributed by atoms with Crippen molar-refractivity contribution < 1.29 is 5.11 Å². The first-order valence-corrected chi connectivity index (χ1v) is 6.34. The predicted molar refractivity (Wildman–Crippen MR) is 73.2 cm³/mol. The minimum Gasteiger partial charge on any atom is -0.507 e. The van der Waals surface area contributed by atoms with Crippen molar-refractivity contribution in [3.8, 4) is 5.75 Å². The van der Waals surface area contributed by atoms with E-state index in [1.54, 1.807) is 0 Å². The van der Waals surface area contributed by atoms with Gasteiger partial charge in [-0.15, -0.1) is 0 Å². The molecule has 0 amide bonds. The molecule has 0 radical (unpaired) electrons. The molecule has 0 unspecified atom stereocenters. The van der Waals surface area contributed by atoms with E-state index in [-0.39, 0.29) is 0 Å². The van der Waals surface area contributed by atoms with Gasteiger partial charge in [-0.3, -0.25) is 0 Å². The number of hydrogen-bond donors (Lipinski definition) is 1. The highest BCUT2D eigenvalue weighted by Crippen LogP contribution is 2.21. The van der Waals surface area contributed by atoms with Gasteiger partial charge in [0.2, 0.25) is 0 Å². The van der Waals surface area contributed by atoms with Crippen molar-refractivity contribution in [2.75, 3.05) is 0 Å². The summed E-state index contributed by atoms with van der Waals surface area (Å²) in [4.78, 5) is 0. The summed E-state index contributed by atoms with van der Waals surface area (Å²) < 4.78 is 0. The van der Waals surface area contributed by atoms with E-state index in [0.29, 0.717) is 5.75 Å². The van der Waals surface area contributed by atoms with Crippen LogP contribution in [0.15, 0.2) is 24.3 Å². The Morgan fingerprint density at radius 2 is 1.76 bits per heavy atom. The summed E-state index contributed by atoms with van der Waals surface area (Å²) in [7, 11) is 0. The average molecular weight is 228 g/mol. The van der Waals surface area contributed by atoms with Crippen LogP contribution in [0.5, 0.6) is 5.75 Å². The largest absolute Gasteiger partial charge is 0.507 e. The van der Waals surface area contributed by atoms with Crippen LogP contribution in [0.2, 0.25) is 0 Å². The molecule has 0 fully saturated rings. The Bertz CT molecular complexity index is 529. The highest BCUT2D eigenvalue weighted by molar-refractivity contribution is 5.41. The SMILES string of the molecule is C/C=c1/c(CC2CC=CC2)ccc(O)/c1=C/C. The van der Waals surface area contributed by atoms with E-state index < -0.39 is 0 Å². The van der Waals surface area contributed by atoms with E-state index in [0.717, 1.165) is 17.6 Å². The molecule has 90 valence electrons. The normalized spacial score (nSPS) is 18.2. The van der Waals surface area contributed by atoms with Gasteiger partial charge in [0.15, 0.2) is 0 Å². The van der Waals surface area contributed by atoms with E-state index in [1.807, 2.05) is 26.0 Å². The third kappa shape index (κ3) is 2.44. The summed E-state index contributed by atoms with van der Waals surface area (Å²) >= 11 is 0. The van der Waals surface area contributed by atoms with Crippen molar-refractivity contribution in [2.24, 2.45) is 5.92 Å². The Balaban J connectivity index is 2.41. The number of aromatic hydroxyl groups is 1. The van der Waals surface area contributed by atoms with Gasteiger partial charge in [0.05, 0.1) is 0 Å². The lowest BCUT2D eigenvalue weighted by molar-refractivity contribution is 0.469. The second kappa shape index (κ2) is 5.22. The van der Waals surface area contributed by atoms with Crippen molar-refractivity contribution in [1.29, 1.82) is 0 Å². The number of allylic oxidation sites excluding steroid dienone is 2. The molecule has 1 N–H and O–H groups in total. The second-order valence-corrected chi connectivity index (χ2v) is 4.66. The molecule has 0 bridgehead atoms. The van der Waals surface area contributed by atoms with Crippen LogP contribution in [0.4, 0.5) is 0 Å². The highest BCUT2D eigenvalue weighted by Gasteiger charge is 2.12. The molecule has 17 heavy (non-hydrogen) atoms. The fraction of sp³-hybridized carbons (Fsp3) is 0.375. The number of hydrogen-bond acceptors (Lipinski definition) is 1. The van der Waals surface area contributed by atoms with Gasteiger partial charge in [0.25, 0.3) is 0 Å². The number of rotatable bonds is 2. The van der Waals surface area contributed by atoms with Gasteiger partial charge < -0.3 is 5.11 Å². The predicted octanol–water partition coefficient (Wildman–Crippen LogP) is 2.50. The molecule has 0 aliphatic heterocycles. The molecular formula is C16H20O. The molecule has 0 saturated carbocycles. The van der Waals surface area contributed by atoms with Crippen LogP contribution in [0, 0.1) is 5.92 Å². The van der Waals surface area contributed by atoms with Gasteiger partial charge in [-0.1, -0.05) is 30.4 Å². The van der Waals surface area contributed by atoms with E-state index in [4.69, 9.17) is 0 Å². The first kappa shape index (κ1) is 12.0. The van der Waals surface area contributed by atoms with Crippen molar-refractivity contribution in [2.45, 2.75) is 33.1 Å². The zero-order valence-electron chi connectivity index (χ0n) is 10.6. The van der Waals surface area contributed by atoms with Crippen LogP contribution in [0.3, 0.4) is 0 Å². The molecule has 0 saturated heterocycles. The third-order valence-corrected chi connectivity index (χ3v) is 3.55. The van der Waals surface area contributed by atoms with Crippen LogP contribution in [0.25, 0.3) is 12.2 Å². The third-order valence-electron chi connectivity index (χ3n) is 3.55. The topological polar surface area (TPSA) is 20.2 Å². The monoisotopic (exact) mass is 228 g/mol. The zero-order valence-corrected chi connectivity index (χ0v) is 10.6. The summed E-state index contributed by atoms with van der Waals surface area (Å²) in [6, 6.07) is 3.88. The summed E-state index contributed by atoms with van der Waals surface area (Å²) in [6.07, 6.45) is 12.1. The molecule has 1 nitrogen and oxygen atoms in total. The smallest absolute Gasteiger partial charge is 0.123 e. The molecule has 1 aliphatic carbocycles. The number of phenolic OH excluding ortho intramolecular Hbond substituents is 1. The molecule has 0 aromatic heterocycles. The molecular weight excluding hydrogens is 208 g/mol. The van der Waals surface area contributed by atoms with E-state index >= 15 is 0 Å². The Labute approximate surface area is 103 Å². The standard InChI is InChI=1S/C16H20O/c1-3-14-13(11-12-7-5-6-8-12)9-10-16(17)15(14)4-2/h3-6,9-10,12,17H,7-8,11H2,1-2H3/b14-3-,15-4+. The minimum atomic E-state index is 0.383. The van der Waals surface area contributed by atoms with Crippen LogP contribution in [-0.2, 0) is 6.42 Å². The summed E-state index contributed by atoms with van der Waals surface area (Å²) in [6.45, 7) is 4.02. The highest BCUT2D eigenvalue weighted by atomic mass is 16.3. The maximum absolute atomic E-state index is 9.84. The summed E-state index contributed by atoms with van der Waals surface area (Å²) in [5.41, 5.74) is 1.35. The summed E-state index contributed by atoms with van der Waals surface area (Å²) in [5.74, 6) is 1.12. The molecule has 1 heteroatoms. The van der Waals surface area contributed by atoms with Gasteiger partial charge in [0, 0.05) is 5.22 Å². The Kier molecular flexibility index (Phi) is 3.68. The first-order valence-electron chi connectivity index (χ1n) is 6.34. The molecule has 1 aromatic rings. The molecule has 1 aliphatic rings. The summed E-state index contributed by atoms with van der Waals surface area (Å²) in [5, 5.41) is 12.0. The Morgan fingerprint density at radius 1 is 1.12 bits per heavy atom. The van der Waals surface area contributed by atoms with Crippen molar-refractivity contribution in [3.05, 3.63) is 40.3 Å². The van der Waals surface area contributed by atoms with E-state index in [9.17, 15) is 5.11 Å². The minimum absolute atomic E-state index is 0.383. The van der Waals surface area contributed by atoms with Gasteiger partial charge >= 0.3 is 0 Å². The van der Waals surface area contributed by atoms with E-state index in [1.165, 1.54) is 23.6 Å². The van der Waals surface area contributed by atoms with Crippen molar-refractivity contribution >= 4 is 12.2 Å². The first-order chi connectivity index (χ1) is 8.26. The molecule has 0 heterocycles. The maximum Gasteiger partial charge on any atom is 0.123 e. The Morgan fingerprint density at radius 3 is 2.35 bits per heavy atom. The van der Waals surface area contributed by atoms with Crippen molar-refractivity contribution in [3.63, 3.8) is 0 Å². The number of phenols is 1. The van der Waals surface area contributed by atoms with Crippen LogP contribution in [0.1, 0.15) is 32.3 Å². The molecule has 2 rings (SSSR count). The fourth-order valence-electron chi connectivity index (χ4n) is 2.64. The van der Waals surface area contributed by atoms with Gasteiger partial charge in [-0.05, 0) is 55.9 Å². The van der Waals surface area contributed by atoms with Gasteiger partial charge in [0.1, 0.15) is 5.75 Å². The average Bonchev–Trinajstić information content (AvgIpc) is 2.83. The molecule has 1 aromatic carbocycles. The number of benzene rings is 1. The zero-order chi connectivity index (χ0) is 12.3. The lowest BCUT2D eigenvalue weighted by Crippen LogP contribution is -2.29. The van der Waals surface area contributed by atoms with Crippen LogP contribution < -0.4 is 10.4 Å². The quantitative estimate of drug-likeness (QED) is 0.771. The molecule has 0 atom stereocenters. The van der Waals surface area contributed by atoms with Gasteiger partial charge in [-0.2, -0.15) is 0 Å². The lowest BCUT2D eigenvalue weighted by atomic mass is 9.95. The van der Waals surface area contributed by atoms with Crippen LogP contribution >= 0.6 is 0 Å². The van der Waals surface area contributed by atoms with E-state index in [2.05, 4.69) is 24.3 Å². The Hall–Kier alpha value is -1.50. The van der Waals surface area contributed by atoms with Crippen molar-refractivity contribution in [1.82, 2.24) is 0 Å². The maximum atomic E-state index is 9.84. The van der Waals surface area contributed by atoms with Gasteiger partial charge in [-0.25, -0.2) is 0 Å². The van der Waals surface area contributed by atoms with Crippen LogP contribution in [-0.4, -0.2) is 5.11 Å². The lowest BCUT2D eigenvalue weighted by Gasteiger charge is -2.10. The fourth-order valence-corrected chi connectivity index (χ4v) is 2.64.